The van der Waals surface area contributed by atoms with Crippen LogP contribution in [0.5, 0.6) is 0 Å². The second kappa shape index (κ2) is 6.66. The molecule has 1 unspecified atom stereocenters. The van der Waals surface area contributed by atoms with Gasteiger partial charge in [0.1, 0.15) is 11.1 Å². The molecule has 0 spiro atoms. The van der Waals surface area contributed by atoms with Crippen molar-refractivity contribution in [3.05, 3.63) is 101 Å². The highest BCUT2D eigenvalue weighted by Crippen LogP contribution is 2.36. The number of carbonyl (C=O) groups is 1. The lowest BCUT2D eigenvalue weighted by Gasteiger charge is -2.33. The minimum absolute atomic E-state index is 0.0630. The first-order valence-corrected chi connectivity index (χ1v) is 9.44. The Labute approximate surface area is 167 Å². The standard InChI is InChI=1S/C23H16ClN3O/c24-17-9-6-8-16(13-17)22-26-21-19(14-15-7-4-5-12-20(15)25-21)23(28)27(22)18-10-2-1-3-11-18/h1-14,22H,(H,25,26)/p+1. The summed E-state index contributed by atoms with van der Waals surface area (Å²) in [6.07, 6.45) is -0.376. The fourth-order valence-electron chi connectivity index (χ4n) is 3.66. The molecule has 0 radical (unpaired) electrons. The molecule has 0 fully saturated rings. The summed E-state index contributed by atoms with van der Waals surface area (Å²) in [5.41, 5.74) is 3.32. The Kier molecular flexibility index (Phi) is 3.99. The molecule has 28 heavy (non-hydrogen) atoms. The highest BCUT2D eigenvalue weighted by atomic mass is 35.5. The van der Waals surface area contributed by atoms with E-state index in [-0.39, 0.29) is 12.1 Å². The van der Waals surface area contributed by atoms with Crippen molar-refractivity contribution in [3.8, 4) is 0 Å². The molecule has 0 aliphatic carbocycles. The molecule has 1 atom stereocenters. The number of nitrogens with zero attached hydrogens (tertiary/aromatic N) is 1. The molecule has 4 aromatic rings. The van der Waals surface area contributed by atoms with Crippen LogP contribution in [0.2, 0.25) is 5.02 Å². The number of amides is 1. The molecule has 4 nitrogen and oxygen atoms in total. The molecule has 1 aliphatic heterocycles. The molecule has 3 aromatic carbocycles. The number of hydrogen-bond acceptors (Lipinski definition) is 2. The summed E-state index contributed by atoms with van der Waals surface area (Å²) < 4.78 is 0. The summed E-state index contributed by atoms with van der Waals surface area (Å²) in [5, 5.41) is 5.13. The molecule has 2 N–H and O–H groups in total. The zero-order valence-electron chi connectivity index (χ0n) is 14.9. The summed E-state index contributed by atoms with van der Waals surface area (Å²) in [5.74, 6) is 0.646. The van der Waals surface area contributed by atoms with Gasteiger partial charge in [-0.05, 0) is 36.4 Å². The van der Waals surface area contributed by atoms with Crippen LogP contribution >= 0.6 is 11.6 Å². The Bertz CT molecular complexity index is 1190. The number of pyridine rings is 1. The van der Waals surface area contributed by atoms with E-state index in [0.29, 0.717) is 16.4 Å². The number of hydrogen-bond donors (Lipinski definition) is 1. The van der Waals surface area contributed by atoms with Crippen molar-refractivity contribution in [2.45, 2.75) is 6.17 Å². The Hall–Kier alpha value is -3.37. The number of H-pyrrole nitrogens is 1. The van der Waals surface area contributed by atoms with E-state index in [2.05, 4.69) is 10.3 Å². The van der Waals surface area contributed by atoms with E-state index in [1.165, 1.54) is 0 Å². The Balaban J connectivity index is 1.71. The van der Waals surface area contributed by atoms with E-state index in [1.807, 2.05) is 84.9 Å². The van der Waals surface area contributed by atoms with Gasteiger partial charge in [-0.2, -0.15) is 0 Å². The van der Waals surface area contributed by atoms with Gasteiger partial charge in [0.05, 0.1) is 0 Å². The SMILES string of the molecule is O=C1c2cc3ccccc3[nH+]c2NC(c2cccc(Cl)c2)N1c1ccccc1. The van der Waals surface area contributed by atoms with Crippen molar-refractivity contribution in [2.24, 2.45) is 0 Å². The van der Waals surface area contributed by atoms with Gasteiger partial charge in [-0.1, -0.05) is 60.1 Å². The normalized spacial score (nSPS) is 16.0. The van der Waals surface area contributed by atoms with Crippen LogP contribution in [0, 0.1) is 0 Å². The lowest BCUT2D eigenvalue weighted by molar-refractivity contribution is -0.328. The largest absolute Gasteiger partial charge is 0.287 e. The first kappa shape index (κ1) is 16.8. The fraction of sp³-hybridized carbons (Fsp3) is 0.0435. The van der Waals surface area contributed by atoms with Crippen LogP contribution in [0.15, 0.2) is 84.9 Å². The first-order valence-electron chi connectivity index (χ1n) is 9.06. The van der Waals surface area contributed by atoms with Crippen LogP contribution < -0.4 is 15.2 Å². The van der Waals surface area contributed by atoms with Gasteiger partial charge in [0.2, 0.25) is 6.17 Å². The molecule has 0 saturated heterocycles. The smallest absolute Gasteiger partial charge is 0.268 e. The molecular weight excluding hydrogens is 370 g/mol. The van der Waals surface area contributed by atoms with Gasteiger partial charge in [-0.25, -0.2) is 10.3 Å². The lowest BCUT2D eigenvalue weighted by atomic mass is 10.0. The summed E-state index contributed by atoms with van der Waals surface area (Å²) in [6.45, 7) is 0. The molecular formula is C23H17ClN3O+. The van der Waals surface area contributed by atoms with Crippen LogP contribution in [-0.4, -0.2) is 5.91 Å². The second-order valence-corrected chi connectivity index (χ2v) is 7.19. The van der Waals surface area contributed by atoms with Crippen LogP contribution in [0.3, 0.4) is 0 Å². The average Bonchev–Trinajstić information content (AvgIpc) is 2.73. The predicted octanol–water partition coefficient (Wildman–Crippen LogP) is 5.08. The van der Waals surface area contributed by atoms with Crippen molar-refractivity contribution in [3.63, 3.8) is 0 Å². The molecule has 5 rings (SSSR count). The summed E-state index contributed by atoms with van der Waals surface area (Å²) in [6, 6.07) is 27.1. The maximum atomic E-state index is 13.6. The third-order valence-electron chi connectivity index (χ3n) is 4.98. The number of nitrogens with one attached hydrogen (secondary N) is 2. The van der Waals surface area contributed by atoms with Gasteiger partial charge in [0, 0.05) is 21.7 Å². The second-order valence-electron chi connectivity index (χ2n) is 6.76. The number of anilines is 2. The molecule has 1 aromatic heterocycles. The van der Waals surface area contributed by atoms with E-state index < -0.39 is 0 Å². The topological polar surface area (TPSA) is 46.5 Å². The number of benzene rings is 3. The summed E-state index contributed by atoms with van der Waals surface area (Å²) >= 11 is 6.23. The van der Waals surface area contributed by atoms with Crippen molar-refractivity contribution in [2.75, 3.05) is 10.2 Å². The maximum Gasteiger partial charge on any atom is 0.287 e. The van der Waals surface area contributed by atoms with Crippen molar-refractivity contribution in [1.82, 2.24) is 0 Å². The Morgan fingerprint density at radius 3 is 2.50 bits per heavy atom. The maximum absolute atomic E-state index is 13.6. The van der Waals surface area contributed by atoms with Crippen molar-refractivity contribution < 1.29 is 9.78 Å². The van der Waals surface area contributed by atoms with E-state index in [4.69, 9.17) is 11.6 Å². The number of aromatic nitrogens is 1. The van der Waals surface area contributed by atoms with Gasteiger partial charge < -0.3 is 0 Å². The van der Waals surface area contributed by atoms with E-state index >= 15 is 0 Å². The third-order valence-corrected chi connectivity index (χ3v) is 5.21. The molecule has 1 aliphatic rings. The molecule has 2 heterocycles. The van der Waals surface area contributed by atoms with Gasteiger partial charge in [0.15, 0.2) is 0 Å². The van der Waals surface area contributed by atoms with E-state index in [1.54, 1.807) is 4.90 Å². The molecule has 0 bridgehead atoms. The molecule has 1 amide bonds. The zero-order valence-corrected chi connectivity index (χ0v) is 15.6. The minimum Gasteiger partial charge on any atom is -0.268 e. The van der Waals surface area contributed by atoms with Crippen LogP contribution in [0.4, 0.5) is 11.5 Å². The number of para-hydroxylation sites is 2. The van der Waals surface area contributed by atoms with Gasteiger partial charge in [0.25, 0.3) is 11.7 Å². The number of carbonyl (C=O) groups excluding carboxylic acids is 1. The van der Waals surface area contributed by atoms with Gasteiger partial charge >= 0.3 is 0 Å². The van der Waals surface area contributed by atoms with Crippen LogP contribution in [0.25, 0.3) is 10.9 Å². The number of rotatable bonds is 2. The van der Waals surface area contributed by atoms with Gasteiger partial charge in [-0.15, -0.1) is 0 Å². The van der Waals surface area contributed by atoms with Gasteiger partial charge in [-0.3, -0.25) is 9.69 Å². The molecule has 136 valence electrons. The predicted molar refractivity (Wildman–Crippen MR) is 112 cm³/mol. The first-order chi connectivity index (χ1) is 13.7. The number of aromatic amines is 1. The lowest BCUT2D eigenvalue weighted by Crippen LogP contribution is -2.45. The Morgan fingerprint density at radius 1 is 0.893 bits per heavy atom. The quantitative estimate of drug-likeness (QED) is 0.522. The zero-order chi connectivity index (χ0) is 19.1. The van der Waals surface area contributed by atoms with E-state index in [9.17, 15) is 4.79 Å². The molecule has 0 saturated carbocycles. The van der Waals surface area contributed by atoms with Crippen molar-refractivity contribution in [1.29, 1.82) is 0 Å². The fourth-order valence-corrected chi connectivity index (χ4v) is 3.86. The van der Waals surface area contributed by atoms with Crippen molar-refractivity contribution >= 4 is 39.9 Å². The van der Waals surface area contributed by atoms with E-state index in [0.717, 1.165) is 22.2 Å². The molecule has 5 heteroatoms. The monoisotopic (exact) mass is 386 g/mol. The summed E-state index contributed by atoms with van der Waals surface area (Å²) in [4.78, 5) is 18.7. The Morgan fingerprint density at radius 2 is 1.68 bits per heavy atom. The van der Waals surface area contributed by atoms with Crippen LogP contribution in [-0.2, 0) is 0 Å². The summed E-state index contributed by atoms with van der Waals surface area (Å²) in [7, 11) is 0. The average molecular weight is 387 g/mol. The minimum atomic E-state index is -0.376. The number of fused-ring (bicyclic) bond motifs is 2. The number of halogens is 1. The third kappa shape index (κ3) is 2.79. The highest BCUT2D eigenvalue weighted by Gasteiger charge is 2.39. The highest BCUT2D eigenvalue weighted by molar-refractivity contribution is 6.30. The van der Waals surface area contributed by atoms with Crippen LogP contribution in [0.1, 0.15) is 22.1 Å².